The van der Waals surface area contributed by atoms with Crippen molar-refractivity contribution in [2.24, 2.45) is 5.92 Å². The summed E-state index contributed by atoms with van der Waals surface area (Å²) in [5, 5.41) is 8.89. The molecule has 19 heavy (non-hydrogen) atoms. The van der Waals surface area contributed by atoms with Gasteiger partial charge in [-0.05, 0) is 40.0 Å². The molecule has 6 heteroatoms. The van der Waals surface area contributed by atoms with E-state index in [0.717, 1.165) is 0 Å². The number of nitrogen functional groups attached to an aromatic ring is 1. The van der Waals surface area contributed by atoms with Gasteiger partial charge in [0.15, 0.2) is 0 Å². The predicted molar refractivity (Wildman–Crippen MR) is 76.9 cm³/mol. The smallest absolute Gasteiger partial charge is 0.323 e. The van der Waals surface area contributed by atoms with Crippen LogP contribution in [-0.2, 0) is 4.79 Å². The summed E-state index contributed by atoms with van der Waals surface area (Å²) < 4.78 is 0.603. The van der Waals surface area contributed by atoms with Gasteiger partial charge in [-0.2, -0.15) is 0 Å². The molecule has 0 saturated carbocycles. The molecule has 1 aromatic carbocycles. The fourth-order valence-electron chi connectivity index (χ4n) is 1.70. The third-order valence-corrected chi connectivity index (χ3v) is 3.11. The van der Waals surface area contributed by atoms with Crippen molar-refractivity contribution in [3.8, 4) is 0 Å². The van der Waals surface area contributed by atoms with E-state index >= 15 is 0 Å². The number of aliphatic carboxylic acids is 1. The van der Waals surface area contributed by atoms with E-state index < -0.39 is 5.97 Å². The van der Waals surface area contributed by atoms with Crippen LogP contribution >= 0.6 is 15.9 Å². The number of carbonyl (C=O) groups is 2. The van der Waals surface area contributed by atoms with Gasteiger partial charge in [0.05, 0.1) is 5.56 Å². The van der Waals surface area contributed by atoms with Gasteiger partial charge in [-0.25, -0.2) is 0 Å². The largest absolute Gasteiger partial charge is 0.480 e. The van der Waals surface area contributed by atoms with Crippen molar-refractivity contribution in [3.05, 3.63) is 28.2 Å². The Morgan fingerprint density at radius 2 is 2.05 bits per heavy atom. The summed E-state index contributed by atoms with van der Waals surface area (Å²) in [4.78, 5) is 24.5. The first kappa shape index (κ1) is 15.5. The summed E-state index contributed by atoms with van der Waals surface area (Å²) >= 11 is 3.28. The summed E-state index contributed by atoms with van der Waals surface area (Å²) in [6.07, 6.45) is 0. The number of rotatable bonds is 5. The van der Waals surface area contributed by atoms with Crippen LogP contribution in [0.1, 0.15) is 24.2 Å². The highest BCUT2D eigenvalue weighted by atomic mass is 79.9. The Morgan fingerprint density at radius 3 is 2.58 bits per heavy atom. The van der Waals surface area contributed by atoms with Crippen molar-refractivity contribution >= 4 is 33.5 Å². The zero-order chi connectivity index (χ0) is 14.6. The quantitative estimate of drug-likeness (QED) is 0.812. The standard InChI is InChI=1S/C13H17BrN2O3/c1-8(2)6-16(7-12(17)18)13(19)10-5-9(15)3-4-11(10)14/h3-5,8H,6-7,15H2,1-2H3,(H,17,18). The molecule has 0 aliphatic rings. The number of amides is 1. The molecule has 0 fully saturated rings. The second-order valence-corrected chi connectivity index (χ2v) is 5.57. The Hall–Kier alpha value is -1.56. The normalized spacial score (nSPS) is 10.5. The topological polar surface area (TPSA) is 83.6 Å². The lowest BCUT2D eigenvalue weighted by Crippen LogP contribution is -2.38. The third kappa shape index (κ3) is 4.55. The van der Waals surface area contributed by atoms with Crippen LogP contribution in [0.2, 0.25) is 0 Å². The number of carbonyl (C=O) groups excluding carboxylic acids is 1. The van der Waals surface area contributed by atoms with Crippen LogP contribution in [-0.4, -0.2) is 35.0 Å². The van der Waals surface area contributed by atoms with Gasteiger partial charge in [0.2, 0.25) is 0 Å². The zero-order valence-electron chi connectivity index (χ0n) is 10.9. The molecule has 1 rings (SSSR count). The highest BCUT2D eigenvalue weighted by Crippen LogP contribution is 2.21. The Balaban J connectivity index is 3.03. The highest BCUT2D eigenvalue weighted by Gasteiger charge is 2.21. The molecule has 0 atom stereocenters. The monoisotopic (exact) mass is 328 g/mol. The SMILES string of the molecule is CC(C)CN(CC(=O)O)C(=O)c1cc(N)ccc1Br. The molecule has 0 heterocycles. The van der Waals surface area contributed by atoms with Crippen LogP contribution in [0.3, 0.4) is 0 Å². The number of hydrogen-bond acceptors (Lipinski definition) is 3. The minimum atomic E-state index is -1.03. The average molecular weight is 329 g/mol. The second kappa shape index (κ2) is 6.56. The van der Waals surface area contributed by atoms with Crippen LogP contribution < -0.4 is 5.73 Å². The summed E-state index contributed by atoms with van der Waals surface area (Å²) in [6, 6.07) is 4.89. The van der Waals surface area contributed by atoms with E-state index in [9.17, 15) is 9.59 Å². The molecule has 0 aromatic heterocycles. The van der Waals surface area contributed by atoms with E-state index in [4.69, 9.17) is 10.8 Å². The fraction of sp³-hybridized carbons (Fsp3) is 0.385. The molecule has 0 spiro atoms. The number of hydrogen-bond donors (Lipinski definition) is 2. The van der Waals surface area contributed by atoms with Crippen molar-refractivity contribution in [1.82, 2.24) is 4.90 Å². The molecular formula is C13H17BrN2O3. The molecule has 0 unspecified atom stereocenters. The first-order chi connectivity index (χ1) is 8.81. The van der Waals surface area contributed by atoms with Gasteiger partial charge >= 0.3 is 5.97 Å². The Bertz CT molecular complexity index is 489. The van der Waals surface area contributed by atoms with Crippen LogP contribution in [0, 0.1) is 5.92 Å². The number of carboxylic acid groups (broad SMARTS) is 1. The van der Waals surface area contributed by atoms with Crippen molar-refractivity contribution in [1.29, 1.82) is 0 Å². The molecular weight excluding hydrogens is 312 g/mol. The van der Waals surface area contributed by atoms with Crippen LogP contribution in [0.5, 0.6) is 0 Å². The van der Waals surface area contributed by atoms with Gasteiger partial charge in [-0.15, -0.1) is 0 Å². The summed E-state index contributed by atoms with van der Waals surface area (Å²) in [5.41, 5.74) is 6.50. The Labute approximate surface area is 120 Å². The van der Waals surface area contributed by atoms with Gasteiger partial charge in [-0.3, -0.25) is 9.59 Å². The lowest BCUT2D eigenvalue weighted by Gasteiger charge is -2.23. The number of nitrogens with zero attached hydrogens (tertiary/aromatic N) is 1. The van der Waals surface area contributed by atoms with Gasteiger partial charge in [0, 0.05) is 16.7 Å². The van der Waals surface area contributed by atoms with E-state index in [2.05, 4.69) is 15.9 Å². The number of benzene rings is 1. The molecule has 1 amide bonds. The molecule has 104 valence electrons. The Morgan fingerprint density at radius 1 is 1.42 bits per heavy atom. The average Bonchev–Trinajstić information content (AvgIpc) is 2.29. The van der Waals surface area contributed by atoms with Crippen molar-refractivity contribution in [2.75, 3.05) is 18.8 Å². The maximum Gasteiger partial charge on any atom is 0.323 e. The third-order valence-electron chi connectivity index (χ3n) is 2.42. The lowest BCUT2D eigenvalue weighted by atomic mass is 10.1. The van der Waals surface area contributed by atoms with Crippen LogP contribution in [0.15, 0.2) is 22.7 Å². The van der Waals surface area contributed by atoms with Gasteiger partial charge in [0.25, 0.3) is 5.91 Å². The number of carboxylic acids is 1. The molecule has 0 aliphatic heterocycles. The minimum absolute atomic E-state index is 0.183. The summed E-state index contributed by atoms with van der Waals surface area (Å²) in [5.74, 6) is -1.19. The fourth-order valence-corrected chi connectivity index (χ4v) is 2.12. The first-order valence-electron chi connectivity index (χ1n) is 5.87. The molecule has 3 N–H and O–H groups in total. The van der Waals surface area contributed by atoms with Gasteiger partial charge < -0.3 is 15.7 Å². The van der Waals surface area contributed by atoms with E-state index in [1.54, 1.807) is 18.2 Å². The zero-order valence-corrected chi connectivity index (χ0v) is 12.5. The second-order valence-electron chi connectivity index (χ2n) is 4.71. The molecule has 5 nitrogen and oxygen atoms in total. The van der Waals surface area contributed by atoms with Crippen LogP contribution in [0.4, 0.5) is 5.69 Å². The number of halogens is 1. The highest BCUT2D eigenvalue weighted by molar-refractivity contribution is 9.10. The van der Waals surface area contributed by atoms with E-state index in [1.165, 1.54) is 4.90 Å². The lowest BCUT2D eigenvalue weighted by molar-refractivity contribution is -0.137. The van der Waals surface area contributed by atoms with Crippen molar-refractivity contribution in [3.63, 3.8) is 0 Å². The maximum atomic E-state index is 12.4. The first-order valence-corrected chi connectivity index (χ1v) is 6.66. The van der Waals surface area contributed by atoms with Crippen molar-refractivity contribution in [2.45, 2.75) is 13.8 Å². The molecule has 0 bridgehead atoms. The number of anilines is 1. The molecule has 1 aromatic rings. The summed E-state index contributed by atoms with van der Waals surface area (Å²) in [6.45, 7) is 3.91. The molecule has 0 saturated heterocycles. The minimum Gasteiger partial charge on any atom is -0.480 e. The van der Waals surface area contributed by atoms with Crippen LogP contribution in [0.25, 0.3) is 0 Å². The molecule has 0 aliphatic carbocycles. The van der Waals surface area contributed by atoms with E-state index in [-0.39, 0.29) is 18.4 Å². The summed E-state index contributed by atoms with van der Waals surface area (Å²) in [7, 11) is 0. The Kier molecular flexibility index (Phi) is 5.35. The van der Waals surface area contributed by atoms with Gasteiger partial charge in [-0.1, -0.05) is 13.8 Å². The predicted octanol–water partition coefficient (Wildman–Crippen LogP) is 2.21. The van der Waals surface area contributed by atoms with Crippen molar-refractivity contribution < 1.29 is 14.7 Å². The maximum absolute atomic E-state index is 12.4. The van der Waals surface area contributed by atoms with Gasteiger partial charge in [0.1, 0.15) is 6.54 Å². The van der Waals surface area contributed by atoms with E-state index in [1.807, 2.05) is 13.8 Å². The number of nitrogens with two attached hydrogens (primary N) is 1. The molecule has 0 radical (unpaired) electrons. The van der Waals surface area contributed by atoms with E-state index in [0.29, 0.717) is 22.3 Å².